The van der Waals surface area contributed by atoms with Crippen LogP contribution in [0.2, 0.25) is 0 Å². The number of benzene rings is 1. The van der Waals surface area contributed by atoms with E-state index in [-0.39, 0.29) is 5.91 Å². The van der Waals surface area contributed by atoms with E-state index in [4.69, 9.17) is 5.73 Å². The Morgan fingerprint density at radius 1 is 1.29 bits per heavy atom. The highest BCUT2D eigenvalue weighted by Crippen LogP contribution is 2.16. The summed E-state index contributed by atoms with van der Waals surface area (Å²) in [5, 5.41) is 0. The van der Waals surface area contributed by atoms with E-state index >= 15 is 0 Å². The Bertz CT molecular complexity index is 427. The number of hydrogen-bond acceptors (Lipinski definition) is 3. The van der Waals surface area contributed by atoms with Crippen molar-refractivity contribution in [3.8, 4) is 0 Å². The third-order valence-corrected chi connectivity index (χ3v) is 4.19. The number of carbonyl (C=O) groups excluding carboxylic acids is 1. The van der Waals surface area contributed by atoms with Gasteiger partial charge in [0.1, 0.15) is 0 Å². The molecule has 1 amide bonds. The molecule has 0 spiro atoms. The van der Waals surface area contributed by atoms with Crippen LogP contribution in [0.5, 0.6) is 0 Å². The van der Waals surface area contributed by atoms with Gasteiger partial charge in [-0.25, -0.2) is 0 Å². The van der Waals surface area contributed by atoms with Gasteiger partial charge in [-0.2, -0.15) is 0 Å². The maximum absolute atomic E-state index is 12.4. The average molecular weight is 289 g/mol. The summed E-state index contributed by atoms with van der Waals surface area (Å²) in [5.74, 6) is 0.991. The second-order valence-electron chi connectivity index (χ2n) is 6.05. The molecule has 1 heterocycles. The fourth-order valence-electron chi connectivity index (χ4n) is 2.79. The van der Waals surface area contributed by atoms with Gasteiger partial charge in [-0.15, -0.1) is 0 Å². The first-order valence-corrected chi connectivity index (χ1v) is 7.93. The van der Waals surface area contributed by atoms with Crippen molar-refractivity contribution in [2.45, 2.75) is 26.3 Å². The van der Waals surface area contributed by atoms with E-state index < -0.39 is 0 Å². The van der Waals surface area contributed by atoms with E-state index in [0.29, 0.717) is 13.1 Å². The minimum atomic E-state index is 0.242. The van der Waals surface area contributed by atoms with Gasteiger partial charge >= 0.3 is 0 Å². The van der Waals surface area contributed by atoms with Crippen LogP contribution >= 0.6 is 0 Å². The van der Waals surface area contributed by atoms with Crippen molar-refractivity contribution < 1.29 is 4.79 Å². The lowest BCUT2D eigenvalue weighted by Crippen LogP contribution is -2.44. The van der Waals surface area contributed by atoms with Crippen LogP contribution in [0, 0.1) is 5.92 Å². The van der Waals surface area contributed by atoms with Crippen molar-refractivity contribution in [2.24, 2.45) is 11.7 Å². The fraction of sp³-hybridized carbons (Fsp3) is 0.588. The molecule has 1 aliphatic rings. The zero-order valence-corrected chi connectivity index (χ0v) is 13.0. The average Bonchev–Trinajstić information content (AvgIpc) is 2.49. The summed E-state index contributed by atoms with van der Waals surface area (Å²) in [6.45, 7) is 6.66. The van der Waals surface area contributed by atoms with Gasteiger partial charge < -0.3 is 10.6 Å². The third-order valence-electron chi connectivity index (χ3n) is 4.19. The molecule has 0 unspecified atom stereocenters. The maximum atomic E-state index is 12.4. The molecule has 1 aromatic rings. The highest BCUT2D eigenvalue weighted by atomic mass is 16.2. The molecule has 0 saturated carbocycles. The van der Waals surface area contributed by atoms with Gasteiger partial charge in [0, 0.05) is 32.7 Å². The number of nitrogens with two attached hydrogens (primary N) is 1. The fourth-order valence-corrected chi connectivity index (χ4v) is 2.79. The van der Waals surface area contributed by atoms with Crippen molar-refractivity contribution in [3.05, 3.63) is 35.9 Å². The predicted octanol–water partition coefficient (Wildman–Crippen LogP) is 1.71. The Kier molecular flexibility index (Phi) is 6.21. The van der Waals surface area contributed by atoms with Gasteiger partial charge in [-0.1, -0.05) is 37.3 Å². The largest absolute Gasteiger partial charge is 0.342 e. The van der Waals surface area contributed by atoms with Crippen LogP contribution in [-0.4, -0.2) is 48.4 Å². The van der Waals surface area contributed by atoms with Crippen molar-refractivity contribution >= 4 is 5.91 Å². The van der Waals surface area contributed by atoms with Gasteiger partial charge in [0.15, 0.2) is 0 Å². The van der Waals surface area contributed by atoms with Gasteiger partial charge in [-0.3, -0.25) is 9.69 Å². The Balaban J connectivity index is 1.88. The lowest BCUT2D eigenvalue weighted by atomic mass is 9.99. The molecular formula is C17H27N3O. The molecule has 2 rings (SSSR count). The number of nitrogens with zero attached hydrogens (tertiary/aromatic N) is 2. The number of piperidine rings is 1. The van der Waals surface area contributed by atoms with Crippen molar-refractivity contribution in [2.75, 3.05) is 32.7 Å². The van der Waals surface area contributed by atoms with Gasteiger partial charge in [0.2, 0.25) is 5.91 Å². The molecule has 1 fully saturated rings. The molecule has 1 aromatic carbocycles. The third kappa shape index (κ3) is 5.14. The number of carbonyl (C=O) groups is 1. The zero-order chi connectivity index (χ0) is 15.1. The number of likely N-dealkylation sites (tertiary alicyclic amines) is 1. The van der Waals surface area contributed by atoms with Gasteiger partial charge in [0.25, 0.3) is 0 Å². The van der Waals surface area contributed by atoms with E-state index in [1.807, 2.05) is 23.1 Å². The normalized spacial score (nSPS) is 16.4. The lowest BCUT2D eigenvalue weighted by molar-refractivity contribution is -0.133. The highest BCUT2D eigenvalue weighted by Gasteiger charge is 2.21. The second kappa shape index (κ2) is 8.15. The Morgan fingerprint density at radius 3 is 2.57 bits per heavy atom. The summed E-state index contributed by atoms with van der Waals surface area (Å²) in [6, 6.07) is 10.3. The van der Waals surface area contributed by atoms with E-state index in [1.54, 1.807) is 0 Å². The summed E-state index contributed by atoms with van der Waals surface area (Å²) in [6.07, 6.45) is 2.25. The predicted molar refractivity (Wildman–Crippen MR) is 85.8 cm³/mol. The summed E-state index contributed by atoms with van der Waals surface area (Å²) >= 11 is 0. The minimum absolute atomic E-state index is 0.242. The van der Waals surface area contributed by atoms with Crippen molar-refractivity contribution in [1.82, 2.24) is 9.80 Å². The second-order valence-corrected chi connectivity index (χ2v) is 6.05. The first-order chi connectivity index (χ1) is 10.2. The van der Waals surface area contributed by atoms with Crippen LogP contribution in [0.25, 0.3) is 0 Å². The first-order valence-electron chi connectivity index (χ1n) is 7.93. The van der Waals surface area contributed by atoms with Crippen LogP contribution in [0.15, 0.2) is 30.3 Å². The molecule has 4 heteroatoms. The van der Waals surface area contributed by atoms with Gasteiger partial charge in [-0.05, 0) is 24.3 Å². The first kappa shape index (κ1) is 16.0. The van der Waals surface area contributed by atoms with Gasteiger partial charge in [0.05, 0.1) is 6.54 Å². The molecule has 0 radical (unpaired) electrons. The molecule has 0 aliphatic carbocycles. The van der Waals surface area contributed by atoms with E-state index in [0.717, 1.165) is 44.9 Å². The maximum Gasteiger partial charge on any atom is 0.236 e. The highest BCUT2D eigenvalue weighted by molar-refractivity contribution is 5.78. The Hall–Kier alpha value is -1.39. The number of hydrogen-bond donors (Lipinski definition) is 1. The van der Waals surface area contributed by atoms with E-state index in [9.17, 15) is 4.79 Å². The molecule has 116 valence electrons. The smallest absolute Gasteiger partial charge is 0.236 e. The van der Waals surface area contributed by atoms with Crippen LogP contribution in [0.4, 0.5) is 0 Å². The standard InChI is InChI=1S/C17H27N3O/c1-15-7-10-20(11-8-15)17(21)14-19(12-9-18)13-16-5-3-2-4-6-16/h2-6,15H,7-14,18H2,1H3. The molecule has 1 aliphatic heterocycles. The SMILES string of the molecule is CC1CCN(C(=O)CN(CCN)Cc2ccccc2)CC1. The summed E-state index contributed by atoms with van der Waals surface area (Å²) < 4.78 is 0. The minimum Gasteiger partial charge on any atom is -0.342 e. The molecule has 2 N–H and O–H groups in total. The molecule has 21 heavy (non-hydrogen) atoms. The summed E-state index contributed by atoms with van der Waals surface area (Å²) in [5.41, 5.74) is 6.92. The molecule has 1 saturated heterocycles. The monoisotopic (exact) mass is 289 g/mol. The number of amides is 1. The Morgan fingerprint density at radius 2 is 1.95 bits per heavy atom. The molecule has 0 aromatic heterocycles. The lowest BCUT2D eigenvalue weighted by Gasteiger charge is -2.32. The van der Waals surface area contributed by atoms with E-state index in [1.165, 1.54) is 5.56 Å². The van der Waals surface area contributed by atoms with Crippen molar-refractivity contribution in [1.29, 1.82) is 0 Å². The topological polar surface area (TPSA) is 49.6 Å². The van der Waals surface area contributed by atoms with Crippen LogP contribution in [0.3, 0.4) is 0 Å². The Labute approximate surface area is 127 Å². The molecule has 0 bridgehead atoms. The van der Waals surface area contributed by atoms with Crippen LogP contribution < -0.4 is 5.73 Å². The zero-order valence-electron chi connectivity index (χ0n) is 13.0. The summed E-state index contributed by atoms with van der Waals surface area (Å²) in [7, 11) is 0. The van der Waals surface area contributed by atoms with E-state index in [2.05, 4.69) is 24.0 Å². The van der Waals surface area contributed by atoms with Crippen LogP contribution in [-0.2, 0) is 11.3 Å². The molecular weight excluding hydrogens is 262 g/mol. The summed E-state index contributed by atoms with van der Waals surface area (Å²) in [4.78, 5) is 16.6. The van der Waals surface area contributed by atoms with Crippen LogP contribution in [0.1, 0.15) is 25.3 Å². The quantitative estimate of drug-likeness (QED) is 0.867. The molecule has 4 nitrogen and oxygen atoms in total. The van der Waals surface area contributed by atoms with Crippen molar-refractivity contribution in [3.63, 3.8) is 0 Å². The number of rotatable bonds is 6. The molecule has 0 atom stereocenters.